The molecule has 1 aromatic rings. The first-order valence-corrected chi connectivity index (χ1v) is 5.49. The Hall–Kier alpha value is -2.18. The minimum Gasteiger partial charge on any atom is -0.381 e. The van der Waals surface area contributed by atoms with Crippen LogP contribution in [0.15, 0.2) is 28.2 Å². The second-order valence-electron chi connectivity index (χ2n) is 4.15. The van der Waals surface area contributed by atoms with Crippen molar-refractivity contribution in [3.8, 4) is 0 Å². The predicted octanol–water partition coefficient (Wildman–Crippen LogP) is 1.38. The number of nitrogens with two attached hydrogens (primary N) is 1. The van der Waals surface area contributed by atoms with Gasteiger partial charge in [-0.3, -0.25) is 0 Å². The summed E-state index contributed by atoms with van der Waals surface area (Å²) in [6.07, 6.45) is 2.72. The van der Waals surface area contributed by atoms with Crippen LogP contribution in [0.1, 0.15) is 17.3 Å². The number of halogens is 2. The van der Waals surface area contributed by atoms with Gasteiger partial charge in [0.1, 0.15) is 18.2 Å². The van der Waals surface area contributed by atoms with E-state index in [1.807, 2.05) is 0 Å². The van der Waals surface area contributed by atoms with E-state index >= 15 is 0 Å². The van der Waals surface area contributed by atoms with E-state index in [2.05, 4.69) is 20.3 Å². The quantitative estimate of drug-likeness (QED) is 0.705. The van der Waals surface area contributed by atoms with Crippen LogP contribution in [0.4, 0.5) is 14.6 Å². The number of nitrogens with one attached hydrogen (secondary N) is 2. The Morgan fingerprint density at radius 1 is 1.44 bits per heavy atom. The Morgan fingerprint density at radius 2 is 2.28 bits per heavy atom. The van der Waals surface area contributed by atoms with E-state index in [9.17, 15) is 8.78 Å². The number of rotatable bonds is 1. The molecule has 94 valence electrons. The van der Waals surface area contributed by atoms with Crippen molar-refractivity contribution in [2.45, 2.75) is 18.8 Å². The maximum atomic E-state index is 13.3. The summed E-state index contributed by atoms with van der Waals surface area (Å²) in [5.74, 6) is -0.147. The topological polar surface area (TPSA) is 78.6 Å². The standard InChI is InChI=1S/C11H11F2N5/c12-5-1-6-7(3-16-10(6)15-2-5)11-17-4-8(13)9(14)18-11/h2-5,11,16-17H,1H2,(H2,14,18). The maximum absolute atomic E-state index is 13.3. The largest absolute Gasteiger partial charge is 0.381 e. The Labute approximate surface area is 102 Å². The third kappa shape index (κ3) is 1.68. The third-order valence-electron chi connectivity index (χ3n) is 2.94. The molecule has 0 fully saturated rings. The lowest BCUT2D eigenvalue weighted by Gasteiger charge is -2.19. The number of fused-ring (bicyclic) bond motifs is 1. The molecule has 2 aliphatic heterocycles. The molecule has 0 aliphatic carbocycles. The van der Waals surface area contributed by atoms with E-state index in [-0.39, 0.29) is 12.3 Å². The second-order valence-corrected chi connectivity index (χ2v) is 4.15. The summed E-state index contributed by atoms with van der Waals surface area (Å²) in [6, 6.07) is 0. The summed E-state index contributed by atoms with van der Waals surface area (Å²) in [6.45, 7) is 0. The zero-order valence-electron chi connectivity index (χ0n) is 9.32. The smallest absolute Gasteiger partial charge is 0.180 e. The molecule has 2 atom stereocenters. The van der Waals surface area contributed by atoms with Crippen molar-refractivity contribution >= 4 is 17.9 Å². The zero-order chi connectivity index (χ0) is 12.7. The SMILES string of the molecule is NC1=NC(c2c[nH]c3c2CC(F)C=N3)NC=C1F. The van der Waals surface area contributed by atoms with Crippen molar-refractivity contribution in [1.82, 2.24) is 10.3 Å². The number of aromatic nitrogens is 1. The average molecular weight is 251 g/mol. The van der Waals surface area contributed by atoms with Gasteiger partial charge in [0.2, 0.25) is 0 Å². The first-order valence-electron chi connectivity index (χ1n) is 5.49. The van der Waals surface area contributed by atoms with Crippen LogP contribution in [0, 0.1) is 0 Å². The molecule has 0 saturated heterocycles. The molecule has 0 aromatic carbocycles. The molecule has 4 N–H and O–H groups in total. The Balaban J connectivity index is 1.96. The van der Waals surface area contributed by atoms with Gasteiger partial charge in [0.05, 0.1) is 0 Å². The van der Waals surface area contributed by atoms with Gasteiger partial charge in [-0.1, -0.05) is 0 Å². The minimum absolute atomic E-state index is 0.162. The predicted molar refractivity (Wildman–Crippen MR) is 64.2 cm³/mol. The molecular weight excluding hydrogens is 240 g/mol. The summed E-state index contributed by atoms with van der Waals surface area (Å²) in [4.78, 5) is 10.9. The summed E-state index contributed by atoms with van der Waals surface area (Å²) in [5.41, 5.74) is 6.91. The Bertz CT molecular complexity index is 572. The number of aromatic amines is 1. The van der Waals surface area contributed by atoms with Gasteiger partial charge in [-0.25, -0.2) is 18.8 Å². The van der Waals surface area contributed by atoms with Crippen molar-refractivity contribution in [1.29, 1.82) is 0 Å². The second kappa shape index (κ2) is 3.94. The van der Waals surface area contributed by atoms with E-state index in [1.165, 1.54) is 6.21 Å². The van der Waals surface area contributed by atoms with Gasteiger partial charge in [0.25, 0.3) is 0 Å². The lowest BCUT2D eigenvalue weighted by Crippen LogP contribution is -2.27. The van der Waals surface area contributed by atoms with Crippen LogP contribution < -0.4 is 11.1 Å². The maximum Gasteiger partial charge on any atom is 0.180 e. The highest BCUT2D eigenvalue weighted by atomic mass is 19.1. The molecule has 18 heavy (non-hydrogen) atoms. The van der Waals surface area contributed by atoms with Crippen molar-refractivity contribution in [2.75, 3.05) is 0 Å². The summed E-state index contributed by atoms with van der Waals surface area (Å²) >= 11 is 0. The van der Waals surface area contributed by atoms with E-state index < -0.39 is 18.2 Å². The molecule has 1 aromatic heterocycles. The molecule has 0 spiro atoms. The number of amidine groups is 1. The van der Waals surface area contributed by atoms with E-state index in [1.54, 1.807) is 6.20 Å². The molecule has 0 saturated carbocycles. The number of hydrogen-bond donors (Lipinski definition) is 3. The van der Waals surface area contributed by atoms with Crippen molar-refractivity contribution in [3.63, 3.8) is 0 Å². The number of H-pyrrole nitrogens is 1. The van der Waals surface area contributed by atoms with Gasteiger partial charge < -0.3 is 16.0 Å². The fraction of sp³-hybridized carbons (Fsp3) is 0.273. The number of hydrogen-bond acceptors (Lipinski definition) is 4. The van der Waals surface area contributed by atoms with Gasteiger partial charge in [-0.15, -0.1) is 0 Å². The Morgan fingerprint density at radius 3 is 3.06 bits per heavy atom. The van der Waals surface area contributed by atoms with Crippen LogP contribution in [0.25, 0.3) is 0 Å². The molecule has 2 aliphatic rings. The van der Waals surface area contributed by atoms with Gasteiger partial charge in [0.15, 0.2) is 11.7 Å². The fourth-order valence-electron chi connectivity index (χ4n) is 2.06. The molecule has 2 unspecified atom stereocenters. The van der Waals surface area contributed by atoms with E-state index in [4.69, 9.17) is 5.73 Å². The van der Waals surface area contributed by atoms with Gasteiger partial charge >= 0.3 is 0 Å². The normalized spacial score (nSPS) is 26.1. The van der Waals surface area contributed by atoms with Crippen molar-refractivity contribution < 1.29 is 8.78 Å². The first kappa shape index (κ1) is 10.9. The fourth-order valence-corrected chi connectivity index (χ4v) is 2.06. The van der Waals surface area contributed by atoms with Gasteiger partial charge in [-0.05, 0) is 0 Å². The monoisotopic (exact) mass is 251 g/mol. The first-order chi connectivity index (χ1) is 8.65. The molecule has 0 bridgehead atoms. The number of aliphatic imine (C=N–C) groups is 2. The molecule has 0 amide bonds. The minimum atomic E-state index is -1.11. The van der Waals surface area contributed by atoms with Crippen LogP contribution in [-0.4, -0.2) is 23.2 Å². The van der Waals surface area contributed by atoms with Crippen LogP contribution >= 0.6 is 0 Å². The van der Waals surface area contributed by atoms with Gasteiger partial charge in [-0.2, -0.15) is 0 Å². The highest BCUT2D eigenvalue weighted by Gasteiger charge is 2.25. The average Bonchev–Trinajstić information content (AvgIpc) is 2.75. The highest BCUT2D eigenvalue weighted by molar-refractivity contribution is 5.95. The lowest BCUT2D eigenvalue weighted by molar-refractivity contribution is 0.424. The summed E-state index contributed by atoms with van der Waals surface area (Å²) in [5, 5.41) is 2.77. The van der Waals surface area contributed by atoms with Crippen LogP contribution in [0.2, 0.25) is 0 Å². The molecule has 5 nitrogen and oxygen atoms in total. The molecule has 7 heteroatoms. The lowest BCUT2D eigenvalue weighted by atomic mass is 10.0. The summed E-state index contributed by atoms with van der Waals surface area (Å²) < 4.78 is 26.4. The number of alkyl halides is 1. The molecule has 3 rings (SSSR count). The van der Waals surface area contributed by atoms with Crippen molar-refractivity contribution in [3.05, 3.63) is 29.4 Å². The number of nitrogens with zero attached hydrogens (tertiary/aromatic N) is 2. The van der Waals surface area contributed by atoms with E-state index in [0.717, 1.165) is 17.3 Å². The van der Waals surface area contributed by atoms with E-state index in [0.29, 0.717) is 5.82 Å². The van der Waals surface area contributed by atoms with Crippen molar-refractivity contribution in [2.24, 2.45) is 15.7 Å². The zero-order valence-corrected chi connectivity index (χ0v) is 9.32. The summed E-state index contributed by atoms with van der Waals surface area (Å²) in [7, 11) is 0. The van der Waals surface area contributed by atoms with Gasteiger partial charge in [0, 0.05) is 36.2 Å². The third-order valence-corrected chi connectivity index (χ3v) is 2.94. The van der Waals surface area contributed by atoms with Crippen LogP contribution in [0.5, 0.6) is 0 Å². The molecule has 3 heterocycles. The Kier molecular flexibility index (Phi) is 2.39. The molecule has 0 radical (unpaired) electrons. The molecular formula is C11H11F2N5. The highest BCUT2D eigenvalue weighted by Crippen LogP contribution is 2.32. The van der Waals surface area contributed by atoms with Crippen LogP contribution in [-0.2, 0) is 6.42 Å². The van der Waals surface area contributed by atoms with Crippen LogP contribution in [0.3, 0.4) is 0 Å².